The number of nitrogens with one attached hydrogen (secondary N) is 1. The molecule has 7 nitrogen and oxygen atoms in total. The number of fused-ring (bicyclic) bond motifs is 2. The van der Waals surface area contributed by atoms with E-state index in [1.54, 1.807) is 24.3 Å². The summed E-state index contributed by atoms with van der Waals surface area (Å²) in [5.41, 5.74) is 1.08. The van der Waals surface area contributed by atoms with Gasteiger partial charge in [-0.1, -0.05) is 6.07 Å². The molecule has 5 aromatic rings. The lowest BCUT2D eigenvalue weighted by Gasteiger charge is -2.08. The summed E-state index contributed by atoms with van der Waals surface area (Å²) in [7, 11) is 1.41. The second-order valence-corrected chi connectivity index (χ2v) is 7.28. The van der Waals surface area contributed by atoms with Crippen LogP contribution in [0, 0.1) is 17.5 Å². The second kappa shape index (κ2) is 7.97. The molecule has 3 aromatic heterocycles. The first kappa shape index (κ1) is 20.6. The maximum absolute atomic E-state index is 15.0. The Balaban J connectivity index is 1.56. The van der Waals surface area contributed by atoms with E-state index in [1.807, 2.05) is 0 Å². The molecule has 3 heterocycles. The van der Waals surface area contributed by atoms with Crippen molar-refractivity contribution in [1.29, 1.82) is 0 Å². The number of carbonyl (C=O) groups excluding carboxylic acids is 1. The summed E-state index contributed by atoms with van der Waals surface area (Å²) in [6.07, 6.45) is 1.26. The molecule has 0 bridgehead atoms. The summed E-state index contributed by atoms with van der Waals surface area (Å²) in [6, 6.07) is 11.6. The van der Waals surface area contributed by atoms with Crippen LogP contribution in [0.1, 0.15) is 21.7 Å². The fraction of sp³-hybridized carbons (Fsp3) is 0.0870. The molecule has 2 aromatic carbocycles. The van der Waals surface area contributed by atoms with Crippen LogP contribution >= 0.6 is 0 Å². The van der Waals surface area contributed by atoms with Crippen LogP contribution in [-0.4, -0.2) is 37.8 Å². The molecule has 164 valence electrons. The van der Waals surface area contributed by atoms with Crippen molar-refractivity contribution in [3.63, 3.8) is 0 Å². The summed E-state index contributed by atoms with van der Waals surface area (Å²) in [4.78, 5) is 15.7. The highest BCUT2D eigenvalue weighted by atomic mass is 19.1. The summed E-state index contributed by atoms with van der Waals surface area (Å²) in [5.74, 6) is -2.52. The molecule has 0 unspecified atom stereocenters. The first-order valence-electron chi connectivity index (χ1n) is 9.91. The Hall–Kier alpha value is -4.34. The van der Waals surface area contributed by atoms with Crippen molar-refractivity contribution in [1.82, 2.24) is 30.1 Å². The van der Waals surface area contributed by atoms with Crippen molar-refractivity contribution >= 4 is 22.5 Å². The lowest BCUT2D eigenvalue weighted by molar-refractivity contribution is 0.0959. The molecule has 0 radical (unpaired) electrons. The van der Waals surface area contributed by atoms with Gasteiger partial charge in [0.25, 0.3) is 5.91 Å². The highest BCUT2D eigenvalue weighted by Gasteiger charge is 2.19. The van der Waals surface area contributed by atoms with Crippen molar-refractivity contribution in [2.24, 2.45) is 0 Å². The van der Waals surface area contributed by atoms with Crippen molar-refractivity contribution in [2.45, 2.75) is 6.42 Å². The molecule has 10 heteroatoms. The highest BCUT2D eigenvalue weighted by molar-refractivity contribution is 5.94. The number of hydrogen-bond acceptors (Lipinski definition) is 5. The topological polar surface area (TPSA) is 85.1 Å². The predicted molar refractivity (Wildman–Crippen MR) is 114 cm³/mol. The Kier molecular flexibility index (Phi) is 4.97. The third kappa shape index (κ3) is 3.55. The van der Waals surface area contributed by atoms with E-state index in [0.29, 0.717) is 16.9 Å². The minimum Gasteiger partial charge on any atom is -0.355 e. The minimum absolute atomic E-state index is 0.0935. The summed E-state index contributed by atoms with van der Waals surface area (Å²) in [6.45, 7) is 0. The molecule has 0 aliphatic carbocycles. The fourth-order valence-electron chi connectivity index (χ4n) is 3.60. The molecular formula is C23H15F3N6O. The number of amides is 1. The Bertz CT molecular complexity index is 1550. The summed E-state index contributed by atoms with van der Waals surface area (Å²) < 4.78 is 45.4. The quantitative estimate of drug-likeness (QED) is 0.453. The first-order valence-corrected chi connectivity index (χ1v) is 9.91. The van der Waals surface area contributed by atoms with Crippen LogP contribution < -0.4 is 5.32 Å². The van der Waals surface area contributed by atoms with Gasteiger partial charge in [-0.25, -0.2) is 13.2 Å². The largest absolute Gasteiger partial charge is 0.355 e. The Morgan fingerprint density at radius 1 is 1.03 bits per heavy atom. The van der Waals surface area contributed by atoms with Gasteiger partial charge in [0.2, 0.25) is 0 Å². The molecule has 0 spiro atoms. The van der Waals surface area contributed by atoms with Gasteiger partial charge in [-0.15, -0.1) is 10.2 Å². The molecule has 33 heavy (non-hydrogen) atoms. The number of rotatable bonds is 4. The average molecular weight is 448 g/mol. The van der Waals surface area contributed by atoms with Gasteiger partial charge in [0, 0.05) is 42.2 Å². The van der Waals surface area contributed by atoms with E-state index in [9.17, 15) is 13.6 Å². The summed E-state index contributed by atoms with van der Waals surface area (Å²) in [5, 5.41) is 15.0. The van der Waals surface area contributed by atoms with Gasteiger partial charge < -0.3 is 5.32 Å². The average Bonchev–Trinajstić information content (AvgIpc) is 3.23. The second-order valence-electron chi connectivity index (χ2n) is 7.28. The van der Waals surface area contributed by atoms with Gasteiger partial charge in [0.1, 0.15) is 17.5 Å². The number of hydrogen-bond donors (Lipinski definition) is 1. The monoisotopic (exact) mass is 448 g/mol. The standard InChI is InChI=1S/C23H15F3N6O/c1-27-23(33)13-5-4-12(9-16(13)24)18-6-7-20-29-30-21(32(20)31-18)10-15-17(25)11-19-14(22(15)26)3-2-8-28-19/h2-9,11H,10H2,1H3,(H,27,33). The zero-order valence-corrected chi connectivity index (χ0v) is 17.2. The van der Waals surface area contributed by atoms with Crippen LogP contribution in [0.5, 0.6) is 0 Å². The van der Waals surface area contributed by atoms with Crippen LogP contribution in [0.15, 0.2) is 54.7 Å². The lowest BCUT2D eigenvalue weighted by Crippen LogP contribution is -2.19. The molecular weight excluding hydrogens is 433 g/mol. The molecule has 0 atom stereocenters. The minimum atomic E-state index is -0.751. The number of pyridine rings is 1. The smallest absolute Gasteiger partial charge is 0.253 e. The normalized spacial score (nSPS) is 11.3. The van der Waals surface area contributed by atoms with Gasteiger partial charge in [0.15, 0.2) is 11.5 Å². The Morgan fingerprint density at radius 2 is 1.88 bits per heavy atom. The summed E-state index contributed by atoms with van der Waals surface area (Å²) >= 11 is 0. The van der Waals surface area contributed by atoms with Crippen LogP contribution in [0.2, 0.25) is 0 Å². The highest BCUT2D eigenvalue weighted by Crippen LogP contribution is 2.25. The Labute approximate surface area is 184 Å². The molecule has 1 N–H and O–H groups in total. The van der Waals surface area contributed by atoms with Crippen LogP contribution in [0.4, 0.5) is 13.2 Å². The molecule has 0 aliphatic rings. The number of aromatic nitrogens is 5. The molecule has 5 rings (SSSR count). The van der Waals surface area contributed by atoms with Crippen LogP contribution in [0.3, 0.4) is 0 Å². The maximum atomic E-state index is 15.0. The zero-order chi connectivity index (χ0) is 23.1. The molecule has 0 fully saturated rings. The number of nitrogens with zero attached hydrogens (tertiary/aromatic N) is 5. The van der Waals surface area contributed by atoms with E-state index in [4.69, 9.17) is 0 Å². The van der Waals surface area contributed by atoms with Gasteiger partial charge in [0.05, 0.1) is 16.8 Å². The fourth-order valence-corrected chi connectivity index (χ4v) is 3.60. The van der Waals surface area contributed by atoms with Crippen molar-refractivity contribution in [2.75, 3.05) is 7.05 Å². The van der Waals surface area contributed by atoms with Gasteiger partial charge in [-0.2, -0.15) is 9.61 Å². The van der Waals surface area contributed by atoms with E-state index >= 15 is 4.39 Å². The number of benzene rings is 2. The third-order valence-electron chi connectivity index (χ3n) is 5.29. The van der Waals surface area contributed by atoms with E-state index in [2.05, 4.69) is 25.6 Å². The van der Waals surface area contributed by atoms with Gasteiger partial charge in [-0.3, -0.25) is 9.78 Å². The van der Waals surface area contributed by atoms with E-state index in [0.717, 1.165) is 0 Å². The third-order valence-corrected chi connectivity index (χ3v) is 5.29. The van der Waals surface area contributed by atoms with Crippen molar-refractivity contribution in [3.05, 3.63) is 89.1 Å². The molecule has 0 saturated carbocycles. The Morgan fingerprint density at radius 3 is 2.67 bits per heavy atom. The van der Waals surface area contributed by atoms with E-state index in [-0.39, 0.29) is 34.3 Å². The maximum Gasteiger partial charge on any atom is 0.253 e. The number of carbonyl (C=O) groups is 1. The van der Waals surface area contributed by atoms with Crippen molar-refractivity contribution < 1.29 is 18.0 Å². The van der Waals surface area contributed by atoms with E-state index < -0.39 is 23.4 Å². The van der Waals surface area contributed by atoms with Crippen molar-refractivity contribution in [3.8, 4) is 11.3 Å². The predicted octanol–water partition coefficient (Wildman–Crippen LogP) is 3.71. The van der Waals surface area contributed by atoms with E-state index in [1.165, 1.54) is 42.0 Å². The molecule has 0 aliphatic heterocycles. The lowest BCUT2D eigenvalue weighted by atomic mass is 10.1. The molecule has 1 amide bonds. The molecule has 0 saturated heterocycles. The van der Waals surface area contributed by atoms with Gasteiger partial charge >= 0.3 is 0 Å². The zero-order valence-electron chi connectivity index (χ0n) is 17.2. The number of halogens is 3. The van der Waals surface area contributed by atoms with Gasteiger partial charge in [-0.05, 0) is 36.4 Å². The van der Waals surface area contributed by atoms with Crippen LogP contribution in [-0.2, 0) is 6.42 Å². The SMILES string of the molecule is CNC(=O)c1ccc(-c2ccc3nnc(Cc4c(F)cc5ncccc5c4F)n3n2)cc1F. The van der Waals surface area contributed by atoms with Crippen LogP contribution in [0.25, 0.3) is 27.8 Å². The first-order chi connectivity index (χ1) is 16.0.